The third kappa shape index (κ3) is 3.34. The van der Waals surface area contributed by atoms with Gasteiger partial charge in [-0.1, -0.05) is 0 Å². The maximum atomic E-state index is 13.2. The van der Waals surface area contributed by atoms with Crippen molar-refractivity contribution < 1.29 is 9.13 Å². The normalized spacial score (nSPS) is 22.9. The number of nitrogens with zero attached hydrogens (tertiary/aromatic N) is 4. The first-order chi connectivity index (χ1) is 11.7. The predicted molar refractivity (Wildman–Crippen MR) is 92.7 cm³/mol. The molecule has 1 aromatic rings. The molecule has 24 heavy (non-hydrogen) atoms. The molecular weight excluding hydrogens is 329 g/mol. The third-order valence-corrected chi connectivity index (χ3v) is 4.99. The van der Waals surface area contributed by atoms with Gasteiger partial charge in [-0.2, -0.15) is 5.10 Å². The van der Waals surface area contributed by atoms with E-state index in [0.717, 1.165) is 37.9 Å². The van der Waals surface area contributed by atoms with E-state index in [1.807, 2.05) is 0 Å². The number of hydrogen-bond donors (Lipinski definition) is 1. The van der Waals surface area contributed by atoms with Crippen LogP contribution in [0.1, 0.15) is 25.0 Å². The summed E-state index contributed by atoms with van der Waals surface area (Å²) in [5, 5.41) is 5.03. The van der Waals surface area contributed by atoms with Crippen molar-refractivity contribution in [2.45, 2.75) is 25.3 Å². The minimum Gasteiger partial charge on any atom is -0.491 e. The van der Waals surface area contributed by atoms with Gasteiger partial charge in [0.25, 0.3) is 0 Å². The van der Waals surface area contributed by atoms with Crippen LogP contribution < -0.4 is 10.2 Å². The van der Waals surface area contributed by atoms with Gasteiger partial charge in [0.05, 0.1) is 18.5 Å². The number of aromatic nitrogens is 1. The number of fused-ring (bicyclic) bond motifs is 1. The standard InChI is InChI=1S/C16H20FN5OS/c17-11-9-14-15(18-10-11)13(3-8-23-14)19-20-16(24)22-6-4-21(5-7-22)12-1-2-12/h9-10,12H,1-8H2,(H,20,24)/b19-13-. The van der Waals surface area contributed by atoms with Crippen LogP contribution in [0.2, 0.25) is 0 Å². The number of halogens is 1. The van der Waals surface area contributed by atoms with E-state index in [4.69, 9.17) is 17.0 Å². The largest absolute Gasteiger partial charge is 0.491 e. The highest BCUT2D eigenvalue weighted by molar-refractivity contribution is 7.80. The van der Waals surface area contributed by atoms with Gasteiger partial charge in [0.15, 0.2) is 5.11 Å². The van der Waals surface area contributed by atoms with Crippen molar-refractivity contribution in [2.24, 2.45) is 5.10 Å². The van der Waals surface area contributed by atoms with E-state index in [0.29, 0.717) is 29.6 Å². The Kier molecular flexibility index (Phi) is 4.32. The van der Waals surface area contributed by atoms with Crippen LogP contribution in [0.15, 0.2) is 17.4 Å². The molecule has 0 spiro atoms. The fourth-order valence-corrected chi connectivity index (χ4v) is 3.38. The van der Waals surface area contributed by atoms with Crippen molar-refractivity contribution >= 4 is 23.0 Å². The summed E-state index contributed by atoms with van der Waals surface area (Å²) in [7, 11) is 0. The Hall–Kier alpha value is -1.80. The summed E-state index contributed by atoms with van der Waals surface area (Å²) in [5.41, 5.74) is 4.30. The second kappa shape index (κ2) is 6.60. The smallest absolute Gasteiger partial charge is 0.189 e. The molecule has 4 rings (SSSR count). The molecule has 3 heterocycles. The van der Waals surface area contributed by atoms with E-state index in [9.17, 15) is 4.39 Å². The van der Waals surface area contributed by atoms with Crippen LogP contribution in [0.5, 0.6) is 5.75 Å². The fraction of sp³-hybridized carbons (Fsp3) is 0.562. The number of thiocarbonyl (C=S) groups is 1. The van der Waals surface area contributed by atoms with Gasteiger partial charge in [0, 0.05) is 44.7 Å². The quantitative estimate of drug-likeness (QED) is 0.643. The van der Waals surface area contributed by atoms with Crippen LogP contribution in [0.4, 0.5) is 4.39 Å². The summed E-state index contributed by atoms with van der Waals surface area (Å²) >= 11 is 5.46. The minimum absolute atomic E-state index is 0.410. The molecule has 0 radical (unpaired) electrons. The number of nitrogens with one attached hydrogen (secondary N) is 1. The van der Waals surface area contributed by atoms with Gasteiger partial charge in [0.2, 0.25) is 0 Å². The van der Waals surface area contributed by atoms with Crippen LogP contribution in [-0.2, 0) is 0 Å². The van der Waals surface area contributed by atoms with Gasteiger partial charge >= 0.3 is 0 Å². The summed E-state index contributed by atoms with van der Waals surface area (Å²) in [6.07, 6.45) is 4.48. The zero-order valence-electron chi connectivity index (χ0n) is 13.4. The van der Waals surface area contributed by atoms with Gasteiger partial charge in [-0.05, 0) is 25.1 Å². The lowest BCUT2D eigenvalue weighted by atomic mass is 10.1. The zero-order chi connectivity index (χ0) is 16.5. The van der Waals surface area contributed by atoms with Crippen molar-refractivity contribution in [3.05, 3.63) is 23.8 Å². The molecule has 1 aromatic heterocycles. The van der Waals surface area contributed by atoms with Crippen molar-refractivity contribution in [1.82, 2.24) is 20.2 Å². The SMILES string of the molecule is Fc1cnc2c(c1)OCC/C2=N/NC(=S)N1CCN(C2CC2)CC1. The van der Waals surface area contributed by atoms with E-state index < -0.39 is 5.82 Å². The summed E-state index contributed by atoms with van der Waals surface area (Å²) < 4.78 is 18.7. The van der Waals surface area contributed by atoms with E-state index in [2.05, 4.69) is 25.3 Å². The number of rotatable bonds is 2. The molecule has 1 saturated carbocycles. The molecule has 0 amide bonds. The summed E-state index contributed by atoms with van der Waals surface area (Å²) in [6, 6.07) is 2.14. The van der Waals surface area contributed by atoms with Crippen molar-refractivity contribution in [1.29, 1.82) is 0 Å². The Bertz CT molecular complexity index is 670. The molecule has 1 aliphatic carbocycles. The number of piperazine rings is 1. The Balaban J connectivity index is 1.38. The highest BCUT2D eigenvalue weighted by atomic mass is 32.1. The molecule has 0 bridgehead atoms. The molecule has 1 N–H and O–H groups in total. The number of hydrazone groups is 1. The summed E-state index contributed by atoms with van der Waals surface area (Å²) in [5.74, 6) is 0.0257. The minimum atomic E-state index is -0.410. The topological polar surface area (TPSA) is 53.0 Å². The lowest BCUT2D eigenvalue weighted by Gasteiger charge is -2.35. The van der Waals surface area contributed by atoms with Crippen molar-refractivity contribution in [2.75, 3.05) is 32.8 Å². The van der Waals surface area contributed by atoms with Gasteiger partial charge in [-0.25, -0.2) is 9.37 Å². The molecule has 8 heteroatoms. The van der Waals surface area contributed by atoms with Crippen LogP contribution >= 0.6 is 12.2 Å². The molecule has 0 unspecified atom stereocenters. The first-order valence-electron chi connectivity index (χ1n) is 8.35. The first-order valence-corrected chi connectivity index (χ1v) is 8.76. The summed E-state index contributed by atoms with van der Waals surface area (Å²) in [6.45, 7) is 4.43. The van der Waals surface area contributed by atoms with Gasteiger partial charge in [-0.15, -0.1) is 0 Å². The Morgan fingerprint density at radius 2 is 2.12 bits per heavy atom. The van der Waals surface area contributed by atoms with E-state index in [1.54, 1.807) is 0 Å². The highest BCUT2D eigenvalue weighted by Crippen LogP contribution is 2.27. The monoisotopic (exact) mass is 349 g/mol. The third-order valence-electron chi connectivity index (χ3n) is 4.64. The number of hydrogen-bond acceptors (Lipinski definition) is 5. The molecule has 3 aliphatic rings. The lowest BCUT2D eigenvalue weighted by Crippen LogP contribution is -2.51. The molecule has 128 valence electrons. The number of pyridine rings is 1. The maximum Gasteiger partial charge on any atom is 0.189 e. The molecule has 1 saturated heterocycles. The Labute approximate surface area is 145 Å². The second-order valence-corrected chi connectivity index (χ2v) is 6.72. The van der Waals surface area contributed by atoms with Crippen LogP contribution in [0.25, 0.3) is 0 Å². The average molecular weight is 349 g/mol. The molecule has 2 fully saturated rings. The Morgan fingerprint density at radius 3 is 2.88 bits per heavy atom. The van der Waals surface area contributed by atoms with E-state index >= 15 is 0 Å². The van der Waals surface area contributed by atoms with Crippen molar-refractivity contribution in [3.8, 4) is 5.75 Å². The van der Waals surface area contributed by atoms with E-state index in [1.165, 1.54) is 25.1 Å². The second-order valence-electron chi connectivity index (χ2n) is 6.33. The Morgan fingerprint density at radius 1 is 1.33 bits per heavy atom. The zero-order valence-corrected chi connectivity index (χ0v) is 14.2. The first kappa shape index (κ1) is 15.7. The average Bonchev–Trinajstić information content (AvgIpc) is 3.44. The van der Waals surface area contributed by atoms with E-state index in [-0.39, 0.29) is 0 Å². The molecule has 0 aromatic carbocycles. The lowest BCUT2D eigenvalue weighted by molar-refractivity contribution is 0.173. The molecule has 2 aliphatic heterocycles. The highest BCUT2D eigenvalue weighted by Gasteiger charge is 2.31. The van der Waals surface area contributed by atoms with Crippen LogP contribution in [0, 0.1) is 5.82 Å². The van der Waals surface area contributed by atoms with Gasteiger partial charge in [0.1, 0.15) is 17.3 Å². The fourth-order valence-electron chi connectivity index (χ4n) is 3.15. The predicted octanol–water partition coefficient (Wildman–Crippen LogP) is 1.36. The van der Waals surface area contributed by atoms with Crippen LogP contribution in [-0.4, -0.2) is 64.4 Å². The van der Waals surface area contributed by atoms with Gasteiger partial charge in [-0.3, -0.25) is 10.3 Å². The van der Waals surface area contributed by atoms with Crippen LogP contribution in [0.3, 0.4) is 0 Å². The molecule has 0 atom stereocenters. The van der Waals surface area contributed by atoms with Crippen molar-refractivity contribution in [3.63, 3.8) is 0 Å². The number of ether oxygens (including phenoxy) is 1. The molecular formula is C16H20FN5OS. The van der Waals surface area contributed by atoms with Gasteiger partial charge < -0.3 is 9.64 Å². The maximum absolute atomic E-state index is 13.2. The summed E-state index contributed by atoms with van der Waals surface area (Å²) in [4.78, 5) is 8.78. The molecule has 6 nitrogen and oxygen atoms in total.